The van der Waals surface area contributed by atoms with Crippen LogP contribution in [-0.2, 0) is 6.54 Å². The van der Waals surface area contributed by atoms with E-state index < -0.39 is 0 Å². The van der Waals surface area contributed by atoms with Crippen LogP contribution >= 0.6 is 0 Å². The van der Waals surface area contributed by atoms with E-state index in [0.29, 0.717) is 6.54 Å². The Labute approximate surface area is 100.0 Å². The van der Waals surface area contributed by atoms with Crippen LogP contribution in [0.3, 0.4) is 0 Å². The average molecular weight is 224 g/mol. The maximum atomic E-state index is 9.10. The maximum absolute atomic E-state index is 9.10. The third-order valence-electron chi connectivity index (χ3n) is 2.36. The summed E-state index contributed by atoms with van der Waals surface area (Å²) >= 11 is 0. The smallest absolute Gasteiger partial charge is 0.123 e. The molecule has 2 heterocycles. The molecule has 0 aliphatic carbocycles. The van der Waals surface area contributed by atoms with E-state index in [4.69, 9.17) is 5.26 Å². The van der Waals surface area contributed by atoms with Gasteiger partial charge in [-0.25, -0.2) is 0 Å². The van der Waals surface area contributed by atoms with Crippen molar-refractivity contribution in [3.8, 4) is 6.07 Å². The van der Waals surface area contributed by atoms with Crippen LogP contribution in [0.25, 0.3) is 0 Å². The fourth-order valence-electron chi connectivity index (χ4n) is 1.49. The number of hydrogen-bond acceptors (Lipinski definition) is 4. The number of nitriles is 1. The summed E-state index contributed by atoms with van der Waals surface area (Å²) in [6.07, 6.45) is 5.12. The van der Waals surface area contributed by atoms with Crippen LogP contribution in [-0.4, -0.2) is 9.97 Å². The first-order chi connectivity index (χ1) is 8.40. The minimum absolute atomic E-state index is 0.356. The van der Waals surface area contributed by atoms with Gasteiger partial charge >= 0.3 is 0 Å². The normalized spacial score (nSPS) is 11.7. The highest BCUT2D eigenvalue weighted by atomic mass is 14.9. The second-order valence-electron chi connectivity index (χ2n) is 3.55. The van der Waals surface area contributed by atoms with Gasteiger partial charge in [0.25, 0.3) is 0 Å². The highest BCUT2D eigenvalue weighted by molar-refractivity contribution is 5.20. The standard InChI is InChI=1S/C13H12N4/c14-8-13(11-4-3-6-15-9-11)17-10-12-5-1-2-7-16-12/h1-7,9,13,17H,10H2. The van der Waals surface area contributed by atoms with Crippen LogP contribution in [0.4, 0.5) is 0 Å². The first kappa shape index (κ1) is 11.2. The van der Waals surface area contributed by atoms with Gasteiger partial charge in [-0.2, -0.15) is 5.26 Å². The molecule has 0 aliphatic heterocycles. The lowest BCUT2D eigenvalue weighted by Crippen LogP contribution is -2.20. The molecule has 17 heavy (non-hydrogen) atoms. The summed E-state index contributed by atoms with van der Waals surface area (Å²) in [5.41, 5.74) is 1.78. The fourth-order valence-corrected chi connectivity index (χ4v) is 1.49. The van der Waals surface area contributed by atoms with E-state index in [-0.39, 0.29) is 6.04 Å². The topological polar surface area (TPSA) is 61.6 Å². The molecule has 0 aromatic carbocycles. The molecule has 1 unspecified atom stereocenters. The van der Waals surface area contributed by atoms with Crippen molar-refractivity contribution in [2.45, 2.75) is 12.6 Å². The molecule has 1 N–H and O–H groups in total. The highest BCUT2D eigenvalue weighted by Gasteiger charge is 2.09. The van der Waals surface area contributed by atoms with Crippen LogP contribution in [0.2, 0.25) is 0 Å². The van der Waals surface area contributed by atoms with Crippen molar-refractivity contribution in [2.75, 3.05) is 0 Å². The molecule has 4 nitrogen and oxygen atoms in total. The molecule has 2 aromatic heterocycles. The Balaban J connectivity index is 2.01. The molecule has 0 spiro atoms. The Kier molecular flexibility index (Phi) is 3.79. The Morgan fingerprint density at radius 2 is 2.18 bits per heavy atom. The fraction of sp³-hybridized carbons (Fsp3) is 0.154. The van der Waals surface area contributed by atoms with Gasteiger partial charge in [-0.05, 0) is 18.2 Å². The summed E-state index contributed by atoms with van der Waals surface area (Å²) < 4.78 is 0. The number of hydrogen-bond donors (Lipinski definition) is 1. The molecule has 0 radical (unpaired) electrons. The van der Waals surface area contributed by atoms with Crippen molar-refractivity contribution in [2.24, 2.45) is 0 Å². The average Bonchev–Trinajstić information content (AvgIpc) is 2.42. The van der Waals surface area contributed by atoms with Crippen molar-refractivity contribution in [1.82, 2.24) is 15.3 Å². The molecule has 0 saturated carbocycles. The molecule has 0 bridgehead atoms. The zero-order chi connectivity index (χ0) is 11.9. The molecule has 0 aliphatic rings. The van der Waals surface area contributed by atoms with Crippen molar-refractivity contribution in [3.05, 3.63) is 60.2 Å². The quantitative estimate of drug-likeness (QED) is 0.860. The van der Waals surface area contributed by atoms with E-state index in [2.05, 4.69) is 21.4 Å². The summed E-state index contributed by atoms with van der Waals surface area (Å²) in [6, 6.07) is 11.3. The van der Waals surface area contributed by atoms with Gasteiger partial charge in [-0.15, -0.1) is 0 Å². The van der Waals surface area contributed by atoms with Gasteiger partial charge in [0.05, 0.1) is 11.8 Å². The van der Waals surface area contributed by atoms with E-state index in [9.17, 15) is 0 Å². The molecule has 4 heteroatoms. The summed E-state index contributed by atoms with van der Waals surface area (Å²) in [5, 5.41) is 12.2. The van der Waals surface area contributed by atoms with Crippen LogP contribution in [0.5, 0.6) is 0 Å². The minimum Gasteiger partial charge on any atom is -0.292 e. The molecule has 1 atom stereocenters. The Morgan fingerprint density at radius 1 is 1.24 bits per heavy atom. The zero-order valence-corrected chi connectivity index (χ0v) is 9.24. The second kappa shape index (κ2) is 5.73. The summed E-state index contributed by atoms with van der Waals surface area (Å²) in [5.74, 6) is 0. The van der Waals surface area contributed by atoms with E-state index in [1.54, 1.807) is 18.6 Å². The van der Waals surface area contributed by atoms with Crippen molar-refractivity contribution in [3.63, 3.8) is 0 Å². The molecule has 2 rings (SSSR count). The lowest BCUT2D eigenvalue weighted by atomic mass is 10.1. The van der Waals surface area contributed by atoms with E-state index >= 15 is 0 Å². The molecule has 0 fully saturated rings. The van der Waals surface area contributed by atoms with Crippen LogP contribution in [0.15, 0.2) is 48.9 Å². The Hall–Kier alpha value is -2.25. The third kappa shape index (κ3) is 3.10. The molecule has 2 aromatic rings. The van der Waals surface area contributed by atoms with E-state index in [1.165, 1.54) is 0 Å². The summed E-state index contributed by atoms with van der Waals surface area (Å²) in [4.78, 5) is 8.19. The van der Waals surface area contributed by atoms with Gasteiger partial charge in [0.15, 0.2) is 0 Å². The van der Waals surface area contributed by atoms with E-state index in [0.717, 1.165) is 11.3 Å². The zero-order valence-electron chi connectivity index (χ0n) is 9.24. The van der Waals surface area contributed by atoms with Crippen LogP contribution in [0, 0.1) is 11.3 Å². The van der Waals surface area contributed by atoms with E-state index in [1.807, 2.05) is 30.3 Å². The van der Waals surface area contributed by atoms with Gasteiger partial charge in [0, 0.05) is 30.7 Å². The molecule has 0 amide bonds. The largest absolute Gasteiger partial charge is 0.292 e. The molecular weight excluding hydrogens is 212 g/mol. The van der Waals surface area contributed by atoms with Gasteiger partial charge in [0.2, 0.25) is 0 Å². The number of rotatable bonds is 4. The maximum Gasteiger partial charge on any atom is 0.123 e. The predicted molar refractivity (Wildman–Crippen MR) is 63.7 cm³/mol. The van der Waals surface area contributed by atoms with Crippen molar-refractivity contribution >= 4 is 0 Å². The van der Waals surface area contributed by atoms with Crippen molar-refractivity contribution < 1.29 is 0 Å². The van der Waals surface area contributed by atoms with Gasteiger partial charge in [-0.3, -0.25) is 15.3 Å². The van der Waals surface area contributed by atoms with Gasteiger partial charge in [0.1, 0.15) is 6.04 Å². The van der Waals surface area contributed by atoms with Crippen molar-refractivity contribution in [1.29, 1.82) is 5.26 Å². The third-order valence-corrected chi connectivity index (χ3v) is 2.36. The number of pyridine rings is 2. The van der Waals surface area contributed by atoms with Crippen LogP contribution in [0.1, 0.15) is 17.3 Å². The molecule has 0 saturated heterocycles. The highest BCUT2D eigenvalue weighted by Crippen LogP contribution is 2.10. The minimum atomic E-state index is -0.356. The number of nitrogens with zero attached hydrogens (tertiary/aromatic N) is 3. The van der Waals surface area contributed by atoms with Gasteiger partial charge in [-0.1, -0.05) is 12.1 Å². The predicted octanol–water partition coefficient (Wildman–Crippen LogP) is 1.83. The number of nitrogens with one attached hydrogen (secondary N) is 1. The number of aromatic nitrogens is 2. The monoisotopic (exact) mass is 224 g/mol. The summed E-state index contributed by atoms with van der Waals surface area (Å²) in [7, 11) is 0. The first-order valence-corrected chi connectivity index (χ1v) is 5.33. The van der Waals surface area contributed by atoms with Gasteiger partial charge < -0.3 is 0 Å². The summed E-state index contributed by atoms with van der Waals surface area (Å²) in [6.45, 7) is 0.563. The second-order valence-corrected chi connectivity index (χ2v) is 3.55. The molecule has 84 valence electrons. The SMILES string of the molecule is N#CC(NCc1ccccn1)c1cccnc1. The molecular formula is C13H12N4. The Morgan fingerprint density at radius 3 is 2.82 bits per heavy atom. The lowest BCUT2D eigenvalue weighted by molar-refractivity contribution is 0.619. The Bertz CT molecular complexity index is 490. The first-order valence-electron chi connectivity index (χ1n) is 5.33. The lowest BCUT2D eigenvalue weighted by Gasteiger charge is -2.10. The van der Waals surface area contributed by atoms with Crippen LogP contribution < -0.4 is 5.32 Å².